The molecule has 11 aromatic rings. The number of furan rings is 3. The highest BCUT2D eigenvalue weighted by Crippen LogP contribution is 2.47. The van der Waals surface area contributed by atoms with Crippen LogP contribution in [-0.2, 0) is 0 Å². The van der Waals surface area contributed by atoms with Crippen molar-refractivity contribution in [3.05, 3.63) is 157 Å². The summed E-state index contributed by atoms with van der Waals surface area (Å²) in [6, 6.07) is 46.9. The molecule has 0 bridgehead atoms. The van der Waals surface area contributed by atoms with E-state index in [4.69, 9.17) is 13.3 Å². The predicted molar refractivity (Wildman–Crippen MR) is 219 cm³/mol. The zero-order chi connectivity index (χ0) is 34.5. The van der Waals surface area contributed by atoms with E-state index in [1.807, 2.05) is 30.3 Å². The van der Waals surface area contributed by atoms with Crippen LogP contribution in [-0.4, -0.2) is 0 Å². The van der Waals surface area contributed by atoms with Crippen LogP contribution in [0.25, 0.3) is 122 Å². The van der Waals surface area contributed by atoms with E-state index < -0.39 is 0 Å². The maximum Gasteiger partial charge on any atom is 0.136 e. The van der Waals surface area contributed by atoms with Crippen LogP contribution in [0.1, 0.15) is 18.1 Å². The second-order valence-corrected chi connectivity index (χ2v) is 13.5. The molecule has 0 N–H and O–H groups in total. The third-order valence-electron chi connectivity index (χ3n) is 10.7. The van der Waals surface area contributed by atoms with Gasteiger partial charge in [-0.1, -0.05) is 110 Å². The number of allylic oxidation sites excluding steroid dienone is 1. The molecule has 3 heterocycles. The van der Waals surface area contributed by atoms with Crippen molar-refractivity contribution in [1.82, 2.24) is 0 Å². The standard InChI is InChI=1S/C49H30O3/c1-3-11-34-31(4-2)45(35-15-7-8-16-36(35)46(34)29-19-21-40-37(26-29)33-14-9-10-17-39(33)50-40)30-20-22-41-38(27-30)48-43(51-41)24-25-44-49(48)47-32-13-6-5-12-28(32)18-23-42(47)52-44/h3-27H,2H2,1H3/b11-3-. The molecule has 0 aliphatic rings. The molecule has 0 saturated heterocycles. The molecule has 244 valence electrons. The summed E-state index contributed by atoms with van der Waals surface area (Å²) in [5.41, 5.74) is 12.0. The van der Waals surface area contributed by atoms with Crippen LogP contribution in [0, 0.1) is 0 Å². The molecule has 3 aromatic heterocycles. The molecular weight excluding hydrogens is 637 g/mol. The molecule has 0 fully saturated rings. The van der Waals surface area contributed by atoms with Gasteiger partial charge in [-0.3, -0.25) is 0 Å². The number of benzene rings is 8. The van der Waals surface area contributed by atoms with Gasteiger partial charge in [-0.25, -0.2) is 0 Å². The van der Waals surface area contributed by atoms with Gasteiger partial charge in [-0.2, -0.15) is 0 Å². The summed E-state index contributed by atoms with van der Waals surface area (Å²) in [6.45, 7) is 6.48. The van der Waals surface area contributed by atoms with Crippen LogP contribution in [0.5, 0.6) is 0 Å². The molecule has 0 spiro atoms. The Morgan fingerprint density at radius 2 is 0.923 bits per heavy atom. The average Bonchev–Trinajstić information content (AvgIpc) is 3.88. The van der Waals surface area contributed by atoms with Crippen molar-refractivity contribution in [2.45, 2.75) is 6.92 Å². The van der Waals surface area contributed by atoms with E-state index in [2.05, 4.69) is 135 Å². The minimum atomic E-state index is 0.844. The lowest BCUT2D eigenvalue weighted by atomic mass is 9.83. The Morgan fingerprint density at radius 1 is 0.423 bits per heavy atom. The fourth-order valence-electron chi connectivity index (χ4n) is 8.59. The van der Waals surface area contributed by atoms with Gasteiger partial charge < -0.3 is 13.3 Å². The molecule has 52 heavy (non-hydrogen) atoms. The van der Waals surface area contributed by atoms with Gasteiger partial charge >= 0.3 is 0 Å². The molecule has 0 aliphatic carbocycles. The van der Waals surface area contributed by atoms with Crippen molar-refractivity contribution in [1.29, 1.82) is 0 Å². The largest absolute Gasteiger partial charge is 0.456 e. The van der Waals surface area contributed by atoms with Crippen molar-refractivity contribution in [2.75, 3.05) is 0 Å². The Labute approximate surface area is 298 Å². The molecule has 0 unspecified atom stereocenters. The molecule has 0 amide bonds. The zero-order valence-corrected chi connectivity index (χ0v) is 28.4. The van der Waals surface area contributed by atoms with Crippen molar-refractivity contribution >= 4 is 99.5 Å². The lowest BCUT2D eigenvalue weighted by Gasteiger charge is -2.20. The van der Waals surface area contributed by atoms with Crippen LogP contribution < -0.4 is 0 Å². The van der Waals surface area contributed by atoms with Gasteiger partial charge in [0, 0.05) is 32.3 Å². The van der Waals surface area contributed by atoms with E-state index in [0.717, 1.165) is 99.0 Å². The van der Waals surface area contributed by atoms with Gasteiger partial charge in [0.1, 0.15) is 33.5 Å². The molecule has 0 aliphatic heterocycles. The van der Waals surface area contributed by atoms with Gasteiger partial charge in [-0.05, 0) is 110 Å². The minimum absolute atomic E-state index is 0.844. The van der Waals surface area contributed by atoms with Gasteiger partial charge in [0.25, 0.3) is 0 Å². The first-order valence-corrected chi connectivity index (χ1v) is 17.7. The number of hydrogen-bond acceptors (Lipinski definition) is 3. The van der Waals surface area contributed by atoms with E-state index in [1.54, 1.807) is 0 Å². The van der Waals surface area contributed by atoms with Crippen molar-refractivity contribution in [2.24, 2.45) is 0 Å². The summed E-state index contributed by atoms with van der Waals surface area (Å²) in [6.07, 6.45) is 6.35. The monoisotopic (exact) mass is 666 g/mol. The average molecular weight is 667 g/mol. The Morgan fingerprint density at radius 3 is 1.65 bits per heavy atom. The van der Waals surface area contributed by atoms with Gasteiger partial charge in [-0.15, -0.1) is 0 Å². The van der Waals surface area contributed by atoms with Gasteiger partial charge in [0.05, 0.1) is 0 Å². The maximum absolute atomic E-state index is 6.54. The highest BCUT2D eigenvalue weighted by atomic mass is 16.3. The molecule has 11 rings (SSSR count). The van der Waals surface area contributed by atoms with E-state index in [-0.39, 0.29) is 0 Å². The Bertz CT molecular complexity index is 3330. The van der Waals surface area contributed by atoms with Crippen LogP contribution >= 0.6 is 0 Å². The van der Waals surface area contributed by atoms with Gasteiger partial charge in [0.2, 0.25) is 0 Å². The first-order chi connectivity index (χ1) is 25.7. The SMILES string of the molecule is C=Cc1c(/C=C\C)c(-c2ccc3oc4ccccc4c3c2)c2ccccc2c1-c1ccc2oc3ccc4oc5ccc6ccccc6c5c4c3c2c1. The normalized spacial score (nSPS) is 12.3. The first-order valence-electron chi connectivity index (χ1n) is 17.7. The Kier molecular flexibility index (Phi) is 6.03. The zero-order valence-electron chi connectivity index (χ0n) is 28.4. The maximum atomic E-state index is 6.54. The van der Waals surface area contributed by atoms with E-state index in [9.17, 15) is 0 Å². The smallest absolute Gasteiger partial charge is 0.136 e. The number of fused-ring (bicyclic) bond motifs is 13. The van der Waals surface area contributed by atoms with Crippen LogP contribution in [0.3, 0.4) is 0 Å². The van der Waals surface area contributed by atoms with Gasteiger partial charge in [0.15, 0.2) is 0 Å². The van der Waals surface area contributed by atoms with E-state index >= 15 is 0 Å². The highest BCUT2D eigenvalue weighted by molar-refractivity contribution is 6.31. The molecular formula is C49H30O3. The summed E-state index contributed by atoms with van der Waals surface area (Å²) < 4.78 is 19.2. The number of hydrogen-bond donors (Lipinski definition) is 0. The van der Waals surface area contributed by atoms with Crippen molar-refractivity contribution < 1.29 is 13.3 Å². The summed E-state index contributed by atoms with van der Waals surface area (Å²) in [5.74, 6) is 0. The molecule has 3 nitrogen and oxygen atoms in total. The molecule has 8 aromatic carbocycles. The fourth-order valence-corrected chi connectivity index (χ4v) is 8.59. The van der Waals surface area contributed by atoms with Crippen molar-refractivity contribution in [3.8, 4) is 22.3 Å². The second-order valence-electron chi connectivity index (χ2n) is 13.5. The molecule has 0 atom stereocenters. The molecule has 3 heteroatoms. The quantitative estimate of drug-likeness (QED) is 0.188. The minimum Gasteiger partial charge on any atom is -0.456 e. The van der Waals surface area contributed by atoms with Crippen LogP contribution in [0.4, 0.5) is 0 Å². The topological polar surface area (TPSA) is 39.4 Å². The Balaban J connectivity index is 1.22. The first kappa shape index (κ1) is 28.9. The summed E-state index contributed by atoms with van der Waals surface area (Å²) in [7, 11) is 0. The highest BCUT2D eigenvalue weighted by Gasteiger charge is 2.22. The second kappa shape index (κ2) is 10.8. The molecule has 0 saturated carbocycles. The van der Waals surface area contributed by atoms with E-state index in [1.165, 1.54) is 21.7 Å². The van der Waals surface area contributed by atoms with E-state index in [0.29, 0.717) is 0 Å². The Hall–Kier alpha value is -6.84. The summed E-state index contributed by atoms with van der Waals surface area (Å²) in [5, 5.41) is 11.2. The number of para-hydroxylation sites is 1. The lowest BCUT2D eigenvalue weighted by molar-refractivity contribution is 0.663. The number of rotatable bonds is 4. The third-order valence-corrected chi connectivity index (χ3v) is 10.7. The fraction of sp³-hybridized carbons (Fsp3) is 0.0204. The summed E-state index contributed by atoms with van der Waals surface area (Å²) in [4.78, 5) is 0. The van der Waals surface area contributed by atoms with Crippen LogP contribution in [0.15, 0.2) is 159 Å². The van der Waals surface area contributed by atoms with Crippen LogP contribution in [0.2, 0.25) is 0 Å². The van der Waals surface area contributed by atoms with Crippen molar-refractivity contribution in [3.63, 3.8) is 0 Å². The predicted octanol–water partition coefficient (Wildman–Crippen LogP) is 14.7. The third kappa shape index (κ3) is 3.96. The molecule has 0 radical (unpaired) electrons. The summed E-state index contributed by atoms with van der Waals surface area (Å²) >= 11 is 0. The lowest BCUT2D eigenvalue weighted by Crippen LogP contribution is -1.96.